The second-order valence-corrected chi connectivity index (χ2v) is 6.76. The molecule has 1 amide bonds. The Morgan fingerprint density at radius 1 is 1.35 bits per heavy atom. The summed E-state index contributed by atoms with van der Waals surface area (Å²) in [6.45, 7) is 0. The number of carbonyl (C=O) groups is 1. The van der Waals surface area contributed by atoms with E-state index in [2.05, 4.69) is 31.3 Å². The van der Waals surface area contributed by atoms with Crippen molar-refractivity contribution in [2.24, 2.45) is 10.1 Å². The van der Waals surface area contributed by atoms with Crippen molar-refractivity contribution in [3.8, 4) is 0 Å². The molecule has 0 bridgehead atoms. The maximum absolute atomic E-state index is 12.6. The van der Waals surface area contributed by atoms with Crippen LogP contribution in [0.1, 0.15) is 11.9 Å². The van der Waals surface area contributed by atoms with E-state index in [0.717, 1.165) is 20.7 Å². The summed E-state index contributed by atoms with van der Waals surface area (Å²) in [6.07, 6.45) is 3.33. The van der Waals surface area contributed by atoms with Gasteiger partial charge in [-0.25, -0.2) is 5.01 Å². The van der Waals surface area contributed by atoms with Gasteiger partial charge in [0.15, 0.2) is 11.3 Å². The van der Waals surface area contributed by atoms with Gasteiger partial charge in [-0.15, -0.1) is 5.10 Å². The molecule has 2 aliphatic heterocycles. The molecule has 1 aromatic carbocycles. The third-order valence-corrected chi connectivity index (χ3v) is 4.73. The average molecular weight is 390 g/mol. The molecule has 4 rings (SSSR count). The smallest absolute Gasteiger partial charge is 0.276 e. The van der Waals surface area contributed by atoms with Crippen LogP contribution >= 0.6 is 27.7 Å². The number of fused-ring (bicyclic) bond motifs is 2. The highest BCUT2D eigenvalue weighted by molar-refractivity contribution is 9.10. The van der Waals surface area contributed by atoms with E-state index in [0.29, 0.717) is 10.9 Å². The summed E-state index contributed by atoms with van der Waals surface area (Å²) in [5.41, 5.74) is 1.39. The Morgan fingerprint density at radius 2 is 2.22 bits per heavy atom. The summed E-state index contributed by atoms with van der Waals surface area (Å²) < 4.78 is 0.893. The number of amides is 1. The Morgan fingerprint density at radius 3 is 2.96 bits per heavy atom. The summed E-state index contributed by atoms with van der Waals surface area (Å²) in [6, 6.07) is 9.56. The number of hydrogen-bond acceptors (Lipinski definition) is 5. The van der Waals surface area contributed by atoms with Gasteiger partial charge in [0.1, 0.15) is 5.70 Å². The third-order valence-electron chi connectivity index (χ3n) is 3.66. The number of nitrogens with zero attached hydrogens (tertiary/aromatic N) is 3. The van der Waals surface area contributed by atoms with E-state index in [-0.39, 0.29) is 12.1 Å². The average Bonchev–Trinajstić information content (AvgIpc) is 3.07. The molecule has 3 heterocycles. The minimum absolute atomic E-state index is 0.171. The molecule has 1 atom stereocenters. The van der Waals surface area contributed by atoms with E-state index < -0.39 is 0 Å². The summed E-state index contributed by atoms with van der Waals surface area (Å²) in [4.78, 5) is 20.6. The number of benzene rings is 1. The first kappa shape index (κ1) is 14.5. The zero-order valence-corrected chi connectivity index (χ0v) is 14.5. The van der Waals surface area contributed by atoms with Crippen molar-refractivity contribution in [3.63, 3.8) is 0 Å². The normalized spacial score (nSPS) is 19.5. The van der Waals surface area contributed by atoms with Gasteiger partial charge in [0.05, 0.1) is 11.1 Å². The Kier molecular flexibility index (Phi) is 3.50. The lowest BCUT2D eigenvalue weighted by atomic mass is 10.1. The maximum atomic E-state index is 12.6. The first-order valence-electron chi connectivity index (χ1n) is 6.91. The van der Waals surface area contributed by atoms with Crippen molar-refractivity contribution in [2.45, 2.75) is 6.17 Å². The van der Waals surface area contributed by atoms with Crippen molar-refractivity contribution in [2.75, 3.05) is 6.26 Å². The summed E-state index contributed by atoms with van der Waals surface area (Å²) in [5.74, 6) is -0.171. The summed E-state index contributed by atoms with van der Waals surface area (Å²) in [7, 11) is 0. The van der Waals surface area contributed by atoms with E-state index >= 15 is 0 Å². The molecule has 6 nitrogen and oxygen atoms in total. The van der Waals surface area contributed by atoms with Gasteiger partial charge >= 0.3 is 0 Å². The highest BCUT2D eigenvalue weighted by atomic mass is 79.9. The van der Waals surface area contributed by atoms with Crippen molar-refractivity contribution in [1.29, 1.82) is 0 Å². The van der Waals surface area contributed by atoms with Crippen LogP contribution in [-0.2, 0) is 4.79 Å². The number of H-pyrrole nitrogens is 1. The standard InChI is InChI=1S/C15H12BrN5OS/c1-23-15-19-14(22)12-9-7-8(16)4-5-10(9)18-13(21(12)20-15)11-3-2-6-17-11/h2-7,13,17H,1H3,(H,19,20,22)/t13-/m1/s1. The van der Waals surface area contributed by atoms with Gasteiger partial charge in [0.2, 0.25) is 0 Å². The van der Waals surface area contributed by atoms with Crippen LogP contribution in [0.5, 0.6) is 0 Å². The lowest BCUT2D eigenvalue weighted by molar-refractivity contribution is -0.116. The van der Waals surface area contributed by atoms with Crippen LogP contribution < -0.4 is 15.9 Å². The fourth-order valence-corrected chi connectivity index (χ4v) is 3.38. The number of rotatable bonds is 1. The number of carbonyl (C=O) groups excluding carboxylic acids is 1. The molecule has 0 fully saturated rings. The first-order valence-corrected chi connectivity index (χ1v) is 8.93. The van der Waals surface area contributed by atoms with Crippen molar-refractivity contribution in [1.82, 2.24) is 15.3 Å². The number of aromatic nitrogens is 1. The third kappa shape index (κ3) is 2.38. The topological polar surface area (TPSA) is 72.8 Å². The van der Waals surface area contributed by atoms with Crippen LogP contribution in [0.4, 0.5) is 0 Å². The number of aromatic amines is 1. The van der Waals surface area contributed by atoms with E-state index in [1.807, 2.05) is 42.8 Å². The molecule has 116 valence electrons. The zero-order valence-electron chi connectivity index (χ0n) is 12.1. The van der Waals surface area contributed by atoms with Gasteiger partial charge < -0.3 is 4.98 Å². The van der Waals surface area contributed by atoms with Gasteiger partial charge in [-0.1, -0.05) is 27.7 Å². The SMILES string of the molecule is CSC1=NN2C(=c3cc(Br)ccc3=N[C@H]2c2ccc[nH]2)C(=O)N1. The number of amidine groups is 1. The van der Waals surface area contributed by atoms with E-state index in [9.17, 15) is 4.79 Å². The second kappa shape index (κ2) is 5.54. The van der Waals surface area contributed by atoms with Crippen molar-refractivity contribution >= 4 is 44.5 Å². The molecule has 2 N–H and O–H groups in total. The van der Waals surface area contributed by atoms with Gasteiger partial charge in [-0.2, -0.15) is 0 Å². The Labute approximate surface area is 144 Å². The molecule has 0 saturated carbocycles. The molecular weight excluding hydrogens is 378 g/mol. The molecule has 0 radical (unpaired) electrons. The molecule has 8 heteroatoms. The van der Waals surface area contributed by atoms with Gasteiger partial charge in [-0.3, -0.25) is 15.1 Å². The first-order chi connectivity index (χ1) is 11.2. The van der Waals surface area contributed by atoms with E-state index in [4.69, 9.17) is 4.99 Å². The monoisotopic (exact) mass is 389 g/mol. The molecule has 0 aliphatic carbocycles. The number of nitrogens with one attached hydrogen (secondary N) is 2. The predicted molar refractivity (Wildman–Crippen MR) is 92.8 cm³/mol. The van der Waals surface area contributed by atoms with Crippen LogP contribution in [0.15, 0.2) is 51.1 Å². The van der Waals surface area contributed by atoms with Crippen LogP contribution in [0.3, 0.4) is 0 Å². The molecule has 1 aromatic heterocycles. The van der Waals surface area contributed by atoms with E-state index in [1.54, 1.807) is 5.01 Å². The Balaban J connectivity index is 2.03. The fourth-order valence-electron chi connectivity index (χ4n) is 2.65. The fraction of sp³-hybridized carbons (Fsp3) is 0.133. The molecule has 0 saturated heterocycles. The summed E-state index contributed by atoms with van der Waals surface area (Å²) in [5, 5.41) is 11.2. The highest BCUT2D eigenvalue weighted by Crippen LogP contribution is 2.29. The van der Waals surface area contributed by atoms with Crippen LogP contribution in [0.2, 0.25) is 0 Å². The second-order valence-electron chi connectivity index (χ2n) is 5.05. The number of hydrogen-bond donors (Lipinski definition) is 2. The number of hydrazone groups is 1. The van der Waals surface area contributed by atoms with Gasteiger partial charge in [-0.05, 0) is 36.6 Å². The van der Waals surface area contributed by atoms with Crippen LogP contribution in [0, 0.1) is 0 Å². The largest absolute Gasteiger partial charge is 0.362 e. The Bertz CT molecular complexity index is 937. The molecule has 0 unspecified atom stereocenters. The number of halogens is 1. The molecular formula is C15H12BrN5OS. The molecule has 23 heavy (non-hydrogen) atoms. The highest BCUT2D eigenvalue weighted by Gasteiger charge is 2.34. The van der Waals surface area contributed by atoms with Crippen molar-refractivity contribution < 1.29 is 4.79 Å². The van der Waals surface area contributed by atoms with Gasteiger partial charge in [0.25, 0.3) is 5.91 Å². The van der Waals surface area contributed by atoms with Crippen molar-refractivity contribution in [3.05, 3.63) is 57.3 Å². The lowest BCUT2D eigenvalue weighted by Gasteiger charge is -2.33. The zero-order chi connectivity index (χ0) is 16.0. The van der Waals surface area contributed by atoms with Crippen LogP contribution in [0.25, 0.3) is 5.70 Å². The van der Waals surface area contributed by atoms with E-state index in [1.165, 1.54) is 11.8 Å². The molecule has 2 aliphatic rings. The van der Waals surface area contributed by atoms with Gasteiger partial charge in [0, 0.05) is 15.9 Å². The molecule has 2 aromatic rings. The maximum Gasteiger partial charge on any atom is 0.276 e. The quantitative estimate of drug-likeness (QED) is 0.771. The number of thioether (sulfide) groups is 1. The Hall–Kier alpha value is -2.06. The minimum Gasteiger partial charge on any atom is -0.362 e. The lowest BCUT2D eigenvalue weighted by Crippen LogP contribution is -2.50. The predicted octanol–water partition coefficient (Wildman–Crippen LogP) is 1.28. The summed E-state index contributed by atoms with van der Waals surface area (Å²) >= 11 is 4.85. The van der Waals surface area contributed by atoms with Crippen LogP contribution in [-0.4, -0.2) is 27.3 Å². The molecule has 0 spiro atoms. The minimum atomic E-state index is -0.387.